The van der Waals surface area contributed by atoms with E-state index in [2.05, 4.69) is 33.1 Å². The van der Waals surface area contributed by atoms with Crippen molar-refractivity contribution in [2.75, 3.05) is 18.4 Å². The van der Waals surface area contributed by atoms with Gasteiger partial charge < -0.3 is 20.4 Å². The summed E-state index contributed by atoms with van der Waals surface area (Å²) in [5.41, 5.74) is 0. The normalized spacial score (nSPS) is 19.6. The molecule has 7 nitrogen and oxygen atoms in total. The first-order valence-electron chi connectivity index (χ1n) is 6.37. The number of piperidine rings is 1. The summed E-state index contributed by atoms with van der Waals surface area (Å²) >= 11 is 0. The smallest absolute Gasteiger partial charge is 0.316 e. The molecular formula is C11H19N5O2. The van der Waals surface area contributed by atoms with Gasteiger partial charge in [0, 0.05) is 6.54 Å². The molecule has 0 saturated carbocycles. The summed E-state index contributed by atoms with van der Waals surface area (Å²) in [6, 6.07) is 0.0426. The number of aromatic nitrogens is 2. The molecule has 1 atom stereocenters. The monoisotopic (exact) mass is 253 g/mol. The summed E-state index contributed by atoms with van der Waals surface area (Å²) in [6.07, 6.45) is 2.81. The van der Waals surface area contributed by atoms with Crippen molar-refractivity contribution in [3.63, 3.8) is 0 Å². The van der Waals surface area contributed by atoms with Crippen LogP contribution in [0.1, 0.15) is 32.1 Å². The molecule has 2 rings (SSSR count). The summed E-state index contributed by atoms with van der Waals surface area (Å²) in [4.78, 5) is 11.5. The molecule has 0 radical (unpaired) electrons. The molecule has 7 heteroatoms. The minimum atomic E-state index is -0.268. The number of rotatable bonds is 6. The van der Waals surface area contributed by atoms with Gasteiger partial charge in [-0.2, -0.15) is 0 Å². The fourth-order valence-electron chi connectivity index (χ4n) is 1.81. The van der Waals surface area contributed by atoms with Crippen molar-refractivity contribution in [2.24, 2.45) is 0 Å². The van der Waals surface area contributed by atoms with Gasteiger partial charge in [-0.25, -0.2) is 0 Å². The molecule has 2 heterocycles. The van der Waals surface area contributed by atoms with Gasteiger partial charge in [0.15, 0.2) is 0 Å². The van der Waals surface area contributed by atoms with Gasteiger partial charge in [0.05, 0.1) is 6.54 Å². The van der Waals surface area contributed by atoms with Crippen LogP contribution in [0.4, 0.5) is 6.01 Å². The molecule has 0 bridgehead atoms. The number of hydrogen-bond donors (Lipinski definition) is 3. The molecule has 0 aliphatic carbocycles. The molecule has 1 unspecified atom stereocenters. The molecule has 1 aromatic rings. The van der Waals surface area contributed by atoms with Gasteiger partial charge in [-0.05, 0) is 25.8 Å². The number of carbonyl (C=O) groups excluding carboxylic acids is 1. The number of carbonyl (C=O) groups is 1. The molecule has 1 fully saturated rings. The highest BCUT2D eigenvalue weighted by molar-refractivity contribution is 5.84. The largest absolute Gasteiger partial charge is 0.407 e. The van der Waals surface area contributed by atoms with Gasteiger partial charge in [0.2, 0.25) is 11.8 Å². The number of nitrogens with one attached hydrogen (secondary N) is 3. The Labute approximate surface area is 106 Å². The van der Waals surface area contributed by atoms with Crippen molar-refractivity contribution in [1.29, 1.82) is 0 Å². The lowest BCUT2D eigenvalue weighted by Gasteiger charge is -2.21. The van der Waals surface area contributed by atoms with Gasteiger partial charge in [0.25, 0.3) is 0 Å². The molecule has 1 saturated heterocycles. The summed E-state index contributed by atoms with van der Waals surface area (Å²) in [5.74, 6) is 0.521. The fraction of sp³-hybridized carbons (Fsp3) is 0.727. The molecule has 1 aliphatic rings. The molecule has 18 heavy (non-hydrogen) atoms. The van der Waals surface area contributed by atoms with Crippen molar-refractivity contribution in [2.45, 2.75) is 38.8 Å². The maximum Gasteiger partial charge on any atom is 0.316 e. The van der Waals surface area contributed by atoms with Gasteiger partial charge in [-0.15, -0.1) is 5.10 Å². The maximum absolute atomic E-state index is 11.5. The fourth-order valence-corrected chi connectivity index (χ4v) is 1.81. The number of amides is 1. The molecule has 3 N–H and O–H groups in total. The van der Waals surface area contributed by atoms with Gasteiger partial charge in [0.1, 0.15) is 6.04 Å². The third-order valence-electron chi connectivity index (χ3n) is 2.75. The number of anilines is 1. The topological polar surface area (TPSA) is 92.1 Å². The van der Waals surface area contributed by atoms with E-state index < -0.39 is 0 Å². The molecule has 100 valence electrons. The summed E-state index contributed by atoms with van der Waals surface area (Å²) in [7, 11) is 0. The van der Waals surface area contributed by atoms with Gasteiger partial charge >= 0.3 is 6.01 Å². The zero-order chi connectivity index (χ0) is 12.8. The SMILES string of the molecule is CCCNCc1nnc(NC2CCCNC2=O)o1. The van der Waals surface area contributed by atoms with E-state index in [1.807, 2.05) is 0 Å². The van der Waals surface area contributed by atoms with E-state index >= 15 is 0 Å². The summed E-state index contributed by atoms with van der Waals surface area (Å²) in [5, 5.41) is 16.7. The van der Waals surface area contributed by atoms with Crippen LogP contribution in [0.15, 0.2) is 4.42 Å². The van der Waals surface area contributed by atoms with Crippen LogP contribution >= 0.6 is 0 Å². The Bertz CT molecular complexity index is 393. The van der Waals surface area contributed by atoms with Crippen LogP contribution in [-0.4, -0.2) is 35.2 Å². The predicted octanol–water partition coefficient (Wildman–Crippen LogP) is 0.260. The second-order valence-corrected chi connectivity index (χ2v) is 4.31. The first kappa shape index (κ1) is 12.8. The lowest BCUT2D eigenvalue weighted by atomic mass is 10.1. The average molecular weight is 253 g/mol. The van der Waals surface area contributed by atoms with E-state index in [1.165, 1.54) is 0 Å². The Morgan fingerprint density at radius 1 is 1.50 bits per heavy atom. The quantitative estimate of drug-likeness (QED) is 0.630. The molecule has 0 spiro atoms. The Balaban J connectivity index is 1.83. The van der Waals surface area contributed by atoms with Crippen molar-refractivity contribution < 1.29 is 9.21 Å². The zero-order valence-corrected chi connectivity index (χ0v) is 10.5. The molecule has 1 amide bonds. The molecular weight excluding hydrogens is 234 g/mol. The first-order valence-corrected chi connectivity index (χ1v) is 6.37. The van der Waals surface area contributed by atoms with Crippen molar-refractivity contribution >= 4 is 11.9 Å². The lowest BCUT2D eigenvalue weighted by molar-refractivity contribution is -0.123. The van der Waals surface area contributed by atoms with E-state index in [4.69, 9.17) is 4.42 Å². The Morgan fingerprint density at radius 2 is 2.39 bits per heavy atom. The maximum atomic E-state index is 11.5. The third kappa shape index (κ3) is 3.43. The Kier molecular flexibility index (Phi) is 4.52. The molecule has 1 aliphatic heterocycles. The van der Waals surface area contributed by atoms with Crippen molar-refractivity contribution in [3.05, 3.63) is 5.89 Å². The second kappa shape index (κ2) is 6.34. The van der Waals surface area contributed by atoms with Gasteiger partial charge in [-0.1, -0.05) is 12.0 Å². The third-order valence-corrected chi connectivity index (χ3v) is 2.75. The van der Waals surface area contributed by atoms with E-state index in [-0.39, 0.29) is 11.9 Å². The van der Waals surface area contributed by atoms with E-state index in [1.54, 1.807) is 0 Å². The van der Waals surface area contributed by atoms with E-state index in [9.17, 15) is 4.79 Å². The van der Waals surface area contributed by atoms with Crippen LogP contribution in [0.25, 0.3) is 0 Å². The zero-order valence-electron chi connectivity index (χ0n) is 10.5. The van der Waals surface area contributed by atoms with E-state index in [0.29, 0.717) is 18.5 Å². The Hall–Kier alpha value is -1.63. The van der Waals surface area contributed by atoms with Crippen molar-refractivity contribution in [3.8, 4) is 0 Å². The van der Waals surface area contributed by atoms with Crippen LogP contribution in [0.5, 0.6) is 0 Å². The summed E-state index contributed by atoms with van der Waals surface area (Å²) < 4.78 is 5.41. The van der Waals surface area contributed by atoms with Crippen molar-refractivity contribution in [1.82, 2.24) is 20.8 Å². The van der Waals surface area contributed by atoms with Gasteiger partial charge in [-0.3, -0.25) is 4.79 Å². The average Bonchev–Trinajstić information content (AvgIpc) is 2.80. The van der Waals surface area contributed by atoms with Crippen LogP contribution < -0.4 is 16.0 Å². The minimum absolute atomic E-state index is 0.00916. The number of hydrogen-bond acceptors (Lipinski definition) is 6. The Morgan fingerprint density at radius 3 is 3.17 bits per heavy atom. The molecule has 0 aromatic carbocycles. The second-order valence-electron chi connectivity index (χ2n) is 4.31. The van der Waals surface area contributed by atoms with Crippen LogP contribution in [0.2, 0.25) is 0 Å². The van der Waals surface area contributed by atoms with Crippen LogP contribution in [0.3, 0.4) is 0 Å². The number of nitrogens with zero attached hydrogens (tertiary/aromatic N) is 2. The summed E-state index contributed by atoms with van der Waals surface area (Å²) in [6.45, 7) is 4.30. The predicted molar refractivity (Wildman–Crippen MR) is 66.0 cm³/mol. The lowest BCUT2D eigenvalue weighted by Crippen LogP contribution is -2.44. The highest BCUT2D eigenvalue weighted by Gasteiger charge is 2.23. The highest BCUT2D eigenvalue weighted by atomic mass is 16.4. The van der Waals surface area contributed by atoms with Crippen LogP contribution in [-0.2, 0) is 11.3 Å². The highest BCUT2D eigenvalue weighted by Crippen LogP contribution is 2.11. The minimum Gasteiger partial charge on any atom is -0.407 e. The molecule has 1 aromatic heterocycles. The standard InChI is InChI=1S/C11H19N5O2/c1-2-5-12-7-9-15-16-11(18-9)14-8-4-3-6-13-10(8)17/h8,12H,2-7H2,1H3,(H,13,17)(H,14,16). The first-order chi connectivity index (χ1) is 8.79. The van der Waals surface area contributed by atoms with E-state index in [0.717, 1.165) is 32.4 Å². The van der Waals surface area contributed by atoms with Crippen LogP contribution in [0, 0.1) is 0 Å².